The summed E-state index contributed by atoms with van der Waals surface area (Å²) in [5, 5.41) is 3.74. The molecule has 2 aliphatic rings. The van der Waals surface area contributed by atoms with Gasteiger partial charge in [-0.2, -0.15) is 0 Å². The lowest BCUT2D eigenvalue weighted by atomic mass is 9.78. The van der Waals surface area contributed by atoms with Crippen LogP contribution < -0.4 is 5.32 Å². The van der Waals surface area contributed by atoms with Crippen molar-refractivity contribution in [3.8, 4) is 0 Å². The molecule has 1 unspecified atom stereocenters. The summed E-state index contributed by atoms with van der Waals surface area (Å²) >= 11 is 0. The zero-order chi connectivity index (χ0) is 11.4. The molecular formula is C14H27NO. The van der Waals surface area contributed by atoms with Crippen LogP contribution in [0.5, 0.6) is 0 Å². The van der Waals surface area contributed by atoms with Crippen LogP contribution >= 0.6 is 0 Å². The van der Waals surface area contributed by atoms with E-state index in [2.05, 4.69) is 19.2 Å². The van der Waals surface area contributed by atoms with Gasteiger partial charge in [-0.05, 0) is 37.0 Å². The van der Waals surface area contributed by atoms with Gasteiger partial charge in [0.05, 0.1) is 6.61 Å². The molecule has 2 fully saturated rings. The monoisotopic (exact) mass is 225 g/mol. The van der Waals surface area contributed by atoms with E-state index in [1.807, 2.05) is 0 Å². The second-order valence-corrected chi connectivity index (χ2v) is 6.25. The summed E-state index contributed by atoms with van der Waals surface area (Å²) in [6.07, 6.45) is 8.36. The smallest absolute Gasteiger partial charge is 0.0620 e. The highest BCUT2D eigenvalue weighted by Crippen LogP contribution is 2.42. The first-order chi connectivity index (χ1) is 7.70. The normalized spacial score (nSPS) is 29.1. The van der Waals surface area contributed by atoms with Crippen molar-refractivity contribution in [2.45, 2.75) is 58.4 Å². The van der Waals surface area contributed by atoms with Gasteiger partial charge in [-0.15, -0.1) is 0 Å². The Morgan fingerprint density at radius 1 is 1.31 bits per heavy atom. The molecule has 16 heavy (non-hydrogen) atoms. The highest BCUT2D eigenvalue weighted by Gasteiger charge is 2.34. The van der Waals surface area contributed by atoms with Gasteiger partial charge in [-0.3, -0.25) is 0 Å². The van der Waals surface area contributed by atoms with Crippen molar-refractivity contribution in [3.63, 3.8) is 0 Å². The molecule has 0 aromatic rings. The Bertz CT molecular complexity index is 203. The van der Waals surface area contributed by atoms with Gasteiger partial charge < -0.3 is 10.1 Å². The van der Waals surface area contributed by atoms with E-state index in [9.17, 15) is 0 Å². The lowest BCUT2D eigenvalue weighted by molar-refractivity contribution is 0.179. The second kappa shape index (κ2) is 5.50. The summed E-state index contributed by atoms with van der Waals surface area (Å²) in [4.78, 5) is 0. The van der Waals surface area contributed by atoms with E-state index in [4.69, 9.17) is 4.74 Å². The fourth-order valence-electron chi connectivity index (χ4n) is 3.50. The minimum Gasteiger partial charge on any atom is -0.380 e. The quantitative estimate of drug-likeness (QED) is 0.776. The van der Waals surface area contributed by atoms with E-state index in [0.717, 1.165) is 19.1 Å². The minimum absolute atomic E-state index is 0.608. The maximum absolute atomic E-state index is 5.42. The molecule has 0 spiro atoms. The largest absolute Gasteiger partial charge is 0.380 e. The van der Waals surface area contributed by atoms with Crippen molar-refractivity contribution in [2.24, 2.45) is 11.3 Å². The average Bonchev–Trinajstić information content (AvgIpc) is 2.84. The third-order valence-electron chi connectivity index (χ3n) is 4.20. The van der Waals surface area contributed by atoms with Crippen molar-refractivity contribution in [3.05, 3.63) is 0 Å². The molecule has 0 aromatic carbocycles. The molecule has 94 valence electrons. The fraction of sp³-hybridized carbons (Fsp3) is 1.00. The lowest BCUT2D eigenvalue weighted by Gasteiger charge is -2.32. The summed E-state index contributed by atoms with van der Waals surface area (Å²) in [7, 11) is 0. The standard InChI is InChI=1S/C14H27NO/c1-12(2)9-14(6-3-4-7-14)11-15-13-5-8-16-10-13/h12-13,15H,3-11H2,1-2H3. The van der Waals surface area contributed by atoms with Crippen molar-refractivity contribution in [2.75, 3.05) is 19.8 Å². The summed E-state index contributed by atoms with van der Waals surface area (Å²) in [5.74, 6) is 0.833. The molecule has 2 nitrogen and oxygen atoms in total. The van der Waals surface area contributed by atoms with Crippen LogP contribution in [0.1, 0.15) is 52.4 Å². The summed E-state index contributed by atoms with van der Waals surface area (Å²) in [6.45, 7) is 7.82. The van der Waals surface area contributed by atoms with Gasteiger partial charge in [0.2, 0.25) is 0 Å². The van der Waals surface area contributed by atoms with Crippen molar-refractivity contribution < 1.29 is 4.74 Å². The summed E-state index contributed by atoms with van der Waals surface area (Å²) in [5.41, 5.74) is 0.608. The van der Waals surface area contributed by atoms with E-state index in [1.54, 1.807) is 0 Å². The maximum Gasteiger partial charge on any atom is 0.0620 e. The highest BCUT2D eigenvalue weighted by molar-refractivity contribution is 4.89. The molecule has 2 heteroatoms. The van der Waals surface area contributed by atoms with E-state index in [1.165, 1.54) is 45.1 Å². The number of rotatable bonds is 5. The van der Waals surface area contributed by atoms with Crippen LogP contribution in [0.2, 0.25) is 0 Å². The first kappa shape index (κ1) is 12.4. The SMILES string of the molecule is CC(C)CC1(CNC2CCOC2)CCCC1. The Morgan fingerprint density at radius 3 is 2.62 bits per heavy atom. The van der Waals surface area contributed by atoms with Gasteiger partial charge >= 0.3 is 0 Å². The number of hydrogen-bond donors (Lipinski definition) is 1. The Morgan fingerprint density at radius 2 is 2.06 bits per heavy atom. The lowest BCUT2D eigenvalue weighted by Crippen LogP contribution is -2.39. The molecule has 1 saturated heterocycles. The van der Waals surface area contributed by atoms with Crippen LogP contribution in [0, 0.1) is 11.3 Å². The molecule has 1 aliphatic heterocycles. The van der Waals surface area contributed by atoms with Crippen LogP contribution in [0.3, 0.4) is 0 Å². The molecular weight excluding hydrogens is 198 g/mol. The molecule has 0 amide bonds. The summed E-state index contributed by atoms with van der Waals surface area (Å²) < 4.78 is 5.42. The third kappa shape index (κ3) is 3.21. The first-order valence-corrected chi connectivity index (χ1v) is 7.01. The fourth-order valence-corrected chi connectivity index (χ4v) is 3.50. The van der Waals surface area contributed by atoms with Crippen molar-refractivity contribution in [1.29, 1.82) is 0 Å². The maximum atomic E-state index is 5.42. The zero-order valence-electron chi connectivity index (χ0n) is 10.9. The molecule has 1 heterocycles. The van der Waals surface area contributed by atoms with Gasteiger partial charge in [0.1, 0.15) is 0 Å². The Kier molecular flexibility index (Phi) is 4.26. The molecule has 2 rings (SSSR count). The highest BCUT2D eigenvalue weighted by atomic mass is 16.5. The van der Waals surface area contributed by atoms with E-state index in [0.29, 0.717) is 11.5 Å². The Balaban J connectivity index is 1.81. The van der Waals surface area contributed by atoms with E-state index < -0.39 is 0 Å². The van der Waals surface area contributed by atoms with E-state index >= 15 is 0 Å². The Hall–Kier alpha value is -0.0800. The van der Waals surface area contributed by atoms with Crippen LogP contribution in [-0.4, -0.2) is 25.8 Å². The predicted octanol–water partition coefficient (Wildman–Crippen LogP) is 2.97. The molecule has 1 aliphatic carbocycles. The molecule has 0 aromatic heterocycles. The molecule has 0 bridgehead atoms. The van der Waals surface area contributed by atoms with Crippen molar-refractivity contribution in [1.82, 2.24) is 5.32 Å². The van der Waals surface area contributed by atoms with Gasteiger partial charge in [-0.1, -0.05) is 26.7 Å². The topological polar surface area (TPSA) is 21.3 Å². The van der Waals surface area contributed by atoms with Gasteiger partial charge in [0, 0.05) is 19.2 Å². The Labute approximate surface area is 100 Å². The predicted molar refractivity (Wildman–Crippen MR) is 67.6 cm³/mol. The van der Waals surface area contributed by atoms with Gasteiger partial charge in [0.15, 0.2) is 0 Å². The number of nitrogens with one attached hydrogen (secondary N) is 1. The first-order valence-electron chi connectivity index (χ1n) is 7.01. The molecule has 0 radical (unpaired) electrons. The number of ether oxygens (including phenoxy) is 1. The number of hydrogen-bond acceptors (Lipinski definition) is 2. The van der Waals surface area contributed by atoms with Crippen LogP contribution in [0.25, 0.3) is 0 Å². The summed E-state index contributed by atoms with van der Waals surface area (Å²) in [6, 6.07) is 0.629. The van der Waals surface area contributed by atoms with Gasteiger partial charge in [-0.25, -0.2) is 0 Å². The second-order valence-electron chi connectivity index (χ2n) is 6.25. The van der Waals surface area contributed by atoms with Crippen LogP contribution in [-0.2, 0) is 4.74 Å². The van der Waals surface area contributed by atoms with Gasteiger partial charge in [0.25, 0.3) is 0 Å². The molecule has 1 N–H and O–H groups in total. The van der Waals surface area contributed by atoms with Crippen molar-refractivity contribution >= 4 is 0 Å². The molecule has 1 saturated carbocycles. The van der Waals surface area contributed by atoms with Crippen LogP contribution in [0.15, 0.2) is 0 Å². The molecule has 1 atom stereocenters. The minimum atomic E-state index is 0.608. The van der Waals surface area contributed by atoms with E-state index in [-0.39, 0.29) is 0 Å². The zero-order valence-corrected chi connectivity index (χ0v) is 10.9. The van der Waals surface area contributed by atoms with Crippen LogP contribution in [0.4, 0.5) is 0 Å². The third-order valence-corrected chi connectivity index (χ3v) is 4.20. The average molecular weight is 225 g/mol.